The Hall–Kier alpha value is -16.9. The fourth-order valence-corrected chi connectivity index (χ4v) is 22.3. The zero-order valence-electron chi connectivity index (χ0n) is 69.5. The molecule has 0 aliphatic heterocycles. The number of hydrogen-bond donors (Lipinski definition) is 0. The zero-order chi connectivity index (χ0) is 83.5. The van der Waals surface area contributed by atoms with Crippen molar-refractivity contribution in [3.05, 3.63) is 449 Å². The summed E-state index contributed by atoms with van der Waals surface area (Å²) in [6, 6.07) is 169. The number of benzene rings is 22. The molecule has 28 rings (SSSR count). The molecule has 26 aromatic rings. The number of fused-ring (bicyclic) bond motifs is 22. The minimum atomic E-state index is 1.10. The lowest BCUT2D eigenvalue weighted by Crippen LogP contribution is -1.95. The summed E-state index contributed by atoms with van der Waals surface area (Å²) in [5.74, 6) is 0. The molecule has 0 bridgehead atoms. The molecule has 0 fully saturated rings. The van der Waals surface area contributed by atoms with Crippen molar-refractivity contribution in [2.24, 2.45) is 0 Å². The van der Waals surface area contributed by atoms with Gasteiger partial charge in [-0.2, -0.15) is 0 Å². The Morgan fingerprint density at radius 1 is 0.117 bits per heavy atom. The van der Waals surface area contributed by atoms with E-state index in [9.17, 15) is 0 Å². The number of aromatic nitrogens is 4. The third-order valence-electron chi connectivity index (χ3n) is 28.2. The highest BCUT2D eigenvalue weighted by Crippen LogP contribution is 2.52. The molecule has 0 spiro atoms. The van der Waals surface area contributed by atoms with Crippen LogP contribution in [0.5, 0.6) is 0 Å². The van der Waals surface area contributed by atoms with Crippen LogP contribution in [-0.4, -0.2) is 18.3 Å². The van der Waals surface area contributed by atoms with Gasteiger partial charge in [0.05, 0.1) is 44.1 Å². The topological polar surface area (TPSA) is 19.7 Å². The van der Waals surface area contributed by atoms with E-state index in [0.717, 1.165) is 28.3 Å². The predicted octanol–water partition coefficient (Wildman–Crippen LogP) is 33.7. The second kappa shape index (κ2) is 27.3. The van der Waals surface area contributed by atoms with Crippen LogP contribution in [0.4, 0.5) is 0 Å². The Morgan fingerprint density at radius 3 is 0.891 bits per heavy atom. The van der Waals surface area contributed by atoms with Crippen LogP contribution in [0.2, 0.25) is 0 Å². The minimum absolute atomic E-state index is 1.10. The average molecular weight is 1620 g/mol. The normalized spacial score (nSPS) is 12.2. The van der Waals surface area contributed by atoms with E-state index < -0.39 is 0 Å². The lowest BCUT2D eigenvalue weighted by molar-refractivity contribution is 1.18. The molecule has 0 unspecified atom stereocenters. The first-order chi connectivity index (χ1) is 63.4. The van der Waals surface area contributed by atoms with E-state index >= 15 is 0 Å². The molecule has 590 valence electrons. The lowest BCUT2D eigenvalue weighted by Gasteiger charge is -2.13. The molecule has 22 aromatic carbocycles. The summed E-state index contributed by atoms with van der Waals surface area (Å²) in [7, 11) is 0. The summed E-state index contributed by atoms with van der Waals surface area (Å²) in [5.41, 5.74) is 41.1. The van der Waals surface area contributed by atoms with Gasteiger partial charge in [0, 0.05) is 76.6 Å². The molecule has 4 heterocycles. The Bertz CT molecular complexity index is 9280. The van der Waals surface area contributed by atoms with Gasteiger partial charge in [0.1, 0.15) is 0 Å². The van der Waals surface area contributed by atoms with Gasteiger partial charge in [0.15, 0.2) is 0 Å². The van der Waals surface area contributed by atoms with Gasteiger partial charge >= 0.3 is 0 Å². The van der Waals surface area contributed by atoms with Crippen molar-refractivity contribution in [2.75, 3.05) is 0 Å². The molecule has 0 saturated heterocycles. The molecule has 2 aliphatic carbocycles. The van der Waals surface area contributed by atoms with Gasteiger partial charge in [0.25, 0.3) is 0 Å². The van der Waals surface area contributed by atoms with Crippen LogP contribution < -0.4 is 0 Å². The number of rotatable bonds is 11. The van der Waals surface area contributed by atoms with Crippen LogP contribution in [0, 0.1) is 0 Å². The van der Waals surface area contributed by atoms with E-state index in [2.05, 4.69) is 467 Å². The Balaban J connectivity index is 0.523. The molecule has 0 saturated carbocycles. The van der Waals surface area contributed by atoms with Crippen LogP contribution in [0.25, 0.3) is 275 Å². The monoisotopic (exact) mass is 1620 g/mol. The Labute approximate surface area is 737 Å². The summed E-state index contributed by atoms with van der Waals surface area (Å²) in [6.45, 7) is 0. The average Bonchev–Trinajstić information content (AvgIpc) is 1.58. The highest BCUT2D eigenvalue weighted by atomic mass is 15.0. The smallest absolute Gasteiger partial charge is 0.0619 e. The van der Waals surface area contributed by atoms with Crippen LogP contribution in [-0.2, 0) is 0 Å². The van der Waals surface area contributed by atoms with E-state index in [0.29, 0.717) is 0 Å². The highest BCUT2D eigenvalue weighted by Gasteiger charge is 2.27. The molecule has 2 aliphatic rings. The van der Waals surface area contributed by atoms with Gasteiger partial charge in [-0.05, 0) is 294 Å². The van der Waals surface area contributed by atoms with E-state index in [-0.39, 0.29) is 0 Å². The van der Waals surface area contributed by atoms with Crippen molar-refractivity contribution in [3.8, 4) is 145 Å². The van der Waals surface area contributed by atoms with Crippen LogP contribution in [0.1, 0.15) is 0 Å². The molecule has 0 amide bonds. The SMILES string of the molecule is c1ccc(-n2c3ccccc3c3cc(-c4ccc5c6ccc7cc(-c8ccc9c(ccc%10c%11cc(-c%12ccc%13c(c%12)c%12ccccc%12n%13-c%12ccc(-c%13cccc(-c%14ccc%15c(c%14)-c%14cccc%16cccc-%15c%14%16)c%13)cc%12)ccc%11n(-c%11ccccc%11)c9%10)c8)ccc7c6n(-c6ccc(-c7cccc(-c8ccc9c(c8)-c8cccc%10cccc-9c8%10)c7)cc6)c5c4)ccc32)cc1. The summed E-state index contributed by atoms with van der Waals surface area (Å²) in [6.07, 6.45) is 0. The van der Waals surface area contributed by atoms with Crippen molar-refractivity contribution in [2.45, 2.75) is 0 Å². The first-order valence-electron chi connectivity index (χ1n) is 44.4. The molecule has 4 nitrogen and oxygen atoms in total. The second-order valence-electron chi connectivity index (χ2n) is 35.0. The van der Waals surface area contributed by atoms with Gasteiger partial charge in [-0.15, -0.1) is 0 Å². The lowest BCUT2D eigenvalue weighted by atomic mass is 9.95. The van der Waals surface area contributed by atoms with Gasteiger partial charge in [-0.25, -0.2) is 0 Å². The summed E-state index contributed by atoms with van der Waals surface area (Å²) in [5, 5.41) is 19.8. The van der Waals surface area contributed by atoms with Gasteiger partial charge in [0.2, 0.25) is 0 Å². The summed E-state index contributed by atoms with van der Waals surface area (Å²) in [4.78, 5) is 0. The van der Waals surface area contributed by atoms with Crippen molar-refractivity contribution in [1.29, 1.82) is 0 Å². The Morgan fingerprint density at radius 2 is 0.414 bits per heavy atom. The van der Waals surface area contributed by atoms with E-state index in [1.807, 2.05) is 0 Å². The molecule has 0 atom stereocenters. The third-order valence-corrected chi connectivity index (χ3v) is 28.2. The Kier molecular flexibility index (Phi) is 15.1. The summed E-state index contributed by atoms with van der Waals surface area (Å²) >= 11 is 0. The van der Waals surface area contributed by atoms with E-state index in [1.54, 1.807) is 0 Å². The van der Waals surface area contributed by atoms with Crippen LogP contribution >= 0.6 is 0 Å². The quantitative estimate of drug-likeness (QED) is 0.123. The molecular formula is C124H74N4. The van der Waals surface area contributed by atoms with E-state index in [4.69, 9.17) is 0 Å². The maximum Gasteiger partial charge on any atom is 0.0619 e. The van der Waals surface area contributed by atoms with Crippen molar-refractivity contribution >= 4 is 130 Å². The standard InChI is InChI=1S/C124H74N4/c1-3-25-93(26-4-1)125-115-35-9-7-29-101(115)113-72-89(49-63-117(113)125)90-45-59-103-108-60-46-91-67-83(41-55-97(91)123(108)128(120(103)74-90)96-53-39-76(40-54-96)80-22-12-24-82(66-80)86-44-58-100-105-32-14-18-78-20-16-34-107(122(78)105)111(100)70-86)84-42-56-98-92(68-84)47-61-109-114-73-88(50-64-119(114)127(124(98)109)94-27-5-2-6-28-94)87-48-62-118-112(71-87)102-30-8-10-36-116(102)126(118)95-51-37-75(38-52-95)79-21-11-23-81(65-79)85-43-57-99-104-31-13-17-77-19-15-33-106(121(77)104)110(99)69-85/h1-74H. The third kappa shape index (κ3) is 10.6. The predicted molar refractivity (Wildman–Crippen MR) is 541 cm³/mol. The molecule has 128 heavy (non-hydrogen) atoms. The fourth-order valence-electron chi connectivity index (χ4n) is 22.3. The maximum absolute atomic E-state index is 2.53. The second-order valence-corrected chi connectivity index (χ2v) is 35.0. The number of nitrogens with zero attached hydrogens (tertiary/aromatic N) is 4. The van der Waals surface area contributed by atoms with Crippen LogP contribution in [0.3, 0.4) is 0 Å². The van der Waals surface area contributed by atoms with Gasteiger partial charge < -0.3 is 18.3 Å². The van der Waals surface area contributed by atoms with Gasteiger partial charge in [-0.3, -0.25) is 0 Å². The summed E-state index contributed by atoms with van der Waals surface area (Å²) < 4.78 is 9.85. The maximum atomic E-state index is 2.53. The van der Waals surface area contributed by atoms with Gasteiger partial charge in [-0.1, -0.05) is 309 Å². The van der Waals surface area contributed by atoms with Crippen LogP contribution in [0.15, 0.2) is 449 Å². The highest BCUT2D eigenvalue weighted by molar-refractivity contribution is 6.24. The zero-order valence-corrected chi connectivity index (χ0v) is 69.5. The van der Waals surface area contributed by atoms with Crippen molar-refractivity contribution in [3.63, 3.8) is 0 Å². The first-order valence-corrected chi connectivity index (χ1v) is 44.4. The fraction of sp³-hybridized carbons (Fsp3) is 0. The molecular weight excluding hydrogens is 1550 g/mol. The molecule has 4 aromatic heterocycles. The number of hydrogen-bond acceptors (Lipinski definition) is 0. The number of para-hydroxylation sites is 4. The molecule has 4 heteroatoms. The minimum Gasteiger partial charge on any atom is -0.309 e. The van der Waals surface area contributed by atoms with Crippen molar-refractivity contribution < 1.29 is 0 Å². The molecule has 0 radical (unpaired) electrons. The molecule has 0 N–H and O–H groups in total. The van der Waals surface area contributed by atoms with E-state index in [1.165, 1.54) is 247 Å². The largest absolute Gasteiger partial charge is 0.309 e. The first kappa shape index (κ1) is 70.6. The van der Waals surface area contributed by atoms with Crippen molar-refractivity contribution in [1.82, 2.24) is 18.3 Å².